The van der Waals surface area contributed by atoms with Gasteiger partial charge >= 0.3 is 0 Å². The maximum absolute atomic E-state index is 13.1. The Bertz CT molecular complexity index is 523. The minimum Gasteiger partial charge on any atom is -0.305 e. The molecule has 1 N–H and O–H groups in total. The first kappa shape index (κ1) is 14.2. The van der Waals surface area contributed by atoms with Crippen LogP contribution in [0, 0.1) is 17.6 Å². The molecule has 1 heterocycles. The third kappa shape index (κ3) is 3.61. The van der Waals surface area contributed by atoms with Crippen molar-refractivity contribution in [2.75, 3.05) is 0 Å². The third-order valence-electron chi connectivity index (χ3n) is 3.03. The minimum absolute atomic E-state index is 0.230. The average Bonchev–Trinajstić information content (AvgIpc) is 2.87. The summed E-state index contributed by atoms with van der Waals surface area (Å²) >= 11 is 1.70. The highest BCUT2D eigenvalue weighted by Crippen LogP contribution is 2.26. The summed E-state index contributed by atoms with van der Waals surface area (Å²) in [4.78, 5) is 1.26. The number of hydrogen-bond donors (Lipinski definition) is 1. The van der Waals surface area contributed by atoms with Crippen molar-refractivity contribution in [2.45, 2.75) is 26.4 Å². The SMILES string of the molecule is CC(C)C(NCc1ccc(F)c(F)c1)c1cccs1. The Hall–Kier alpha value is -1.26. The average molecular weight is 281 g/mol. The minimum atomic E-state index is -0.803. The first-order valence-corrected chi connectivity index (χ1v) is 7.16. The summed E-state index contributed by atoms with van der Waals surface area (Å²) in [7, 11) is 0. The van der Waals surface area contributed by atoms with Crippen LogP contribution in [0.25, 0.3) is 0 Å². The van der Waals surface area contributed by atoms with Crippen molar-refractivity contribution in [2.24, 2.45) is 5.92 Å². The van der Waals surface area contributed by atoms with Crippen LogP contribution in [-0.4, -0.2) is 0 Å². The van der Waals surface area contributed by atoms with Gasteiger partial charge < -0.3 is 5.32 Å². The second kappa shape index (κ2) is 6.26. The second-order valence-corrected chi connectivity index (χ2v) is 5.85. The molecule has 0 amide bonds. The van der Waals surface area contributed by atoms with Gasteiger partial charge in [-0.15, -0.1) is 11.3 Å². The number of benzene rings is 1. The van der Waals surface area contributed by atoms with Crippen molar-refractivity contribution in [3.8, 4) is 0 Å². The fraction of sp³-hybridized carbons (Fsp3) is 0.333. The fourth-order valence-corrected chi connectivity index (χ4v) is 2.98. The summed E-state index contributed by atoms with van der Waals surface area (Å²) in [5, 5.41) is 5.45. The summed E-state index contributed by atoms with van der Waals surface area (Å²) < 4.78 is 26.0. The van der Waals surface area contributed by atoms with E-state index in [0.29, 0.717) is 12.5 Å². The molecule has 4 heteroatoms. The lowest BCUT2D eigenvalue weighted by Crippen LogP contribution is -2.24. The van der Waals surface area contributed by atoms with Gasteiger partial charge in [-0.25, -0.2) is 8.78 Å². The van der Waals surface area contributed by atoms with Crippen LogP contribution < -0.4 is 5.32 Å². The summed E-state index contributed by atoms with van der Waals surface area (Å²) in [5.74, 6) is -1.16. The van der Waals surface area contributed by atoms with Crippen LogP contribution in [0.2, 0.25) is 0 Å². The van der Waals surface area contributed by atoms with Crippen LogP contribution in [0.5, 0.6) is 0 Å². The molecule has 1 unspecified atom stereocenters. The van der Waals surface area contributed by atoms with Gasteiger partial charge in [0.1, 0.15) is 0 Å². The normalized spacial score (nSPS) is 12.9. The van der Waals surface area contributed by atoms with Gasteiger partial charge in [-0.1, -0.05) is 26.0 Å². The van der Waals surface area contributed by atoms with Crippen molar-refractivity contribution < 1.29 is 8.78 Å². The van der Waals surface area contributed by atoms with Crippen molar-refractivity contribution in [3.63, 3.8) is 0 Å². The lowest BCUT2D eigenvalue weighted by molar-refractivity contribution is 0.415. The lowest BCUT2D eigenvalue weighted by Gasteiger charge is -2.21. The monoisotopic (exact) mass is 281 g/mol. The Balaban J connectivity index is 2.05. The van der Waals surface area contributed by atoms with E-state index in [1.54, 1.807) is 17.4 Å². The molecule has 0 aliphatic carbocycles. The van der Waals surface area contributed by atoms with Crippen LogP contribution in [0.1, 0.15) is 30.3 Å². The zero-order valence-corrected chi connectivity index (χ0v) is 11.8. The Labute approximate surface area is 116 Å². The molecule has 1 aromatic heterocycles. The summed E-state index contributed by atoms with van der Waals surface area (Å²) in [5.41, 5.74) is 0.751. The van der Waals surface area contributed by atoms with E-state index in [4.69, 9.17) is 0 Å². The van der Waals surface area contributed by atoms with E-state index in [1.165, 1.54) is 17.0 Å². The Kier molecular flexibility index (Phi) is 4.66. The molecule has 0 fully saturated rings. The first-order chi connectivity index (χ1) is 9.08. The molecule has 1 aromatic carbocycles. The maximum atomic E-state index is 13.1. The molecule has 0 saturated carbocycles. The van der Waals surface area contributed by atoms with Gasteiger partial charge in [-0.05, 0) is 35.1 Å². The quantitative estimate of drug-likeness (QED) is 0.850. The second-order valence-electron chi connectivity index (χ2n) is 4.87. The standard InChI is InChI=1S/C15H17F2NS/c1-10(2)15(14-4-3-7-19-14)18-9-11-5-6-12(16)13(17)8-11/h3-8,10,15,18H,9H2,1-2H3. The number of nitrogens with one attached hydrogen (secondary N) is 1. The summed E-state index contributed by atoms with van der Waals surface area (Å²) in [6.07, 6.45) is 0. The molecule has 0 saturated heterocycles. The summed E-state index contributed by atoms with van der Waals surface area (Å²) in [6.45, 7) is 4.81. The van der Waals surface area contributed by atoms with Gasteiger partial charge in [0.25, 0.3) is 0 Å². The van der Waals surface area contributed by atoms with Crippen molar-refractivity contribution in [3.05, 3.63) is 57.8 Å². The van der Waals surface area contributed by atoms with E-state index in [2.05, 4.69) is 25.2 Å². The van der Waals surface area contributed by atoms with E-state index in [9.17, 15) is 8.78 Å². The van der Waals surface area contributed by atoms with E-state index in [0.717, 1.165) is 5.56 Å². The molecule has 0 radical (unpaired) electrons. The van der Waals surface area contributed by atoms with Crippen molar-refractivity contribution in [1.82, 2.24) is 5.32 Å². The highest BCUT2D eigenvalue weighted by atomic mass is 32.1. The molecular formula is C15H17F2NS. The topological polar surface area (TPSA) is 12.0 Å². The van der Waals surface area contributed by atoms with Gasteiger partial charge in [0.2, 0.25) is 0 Å². The largest absolute Gasteiger partial charge is 0.305 e. The zero-order chi connectivity index (χ0) is 13.8. The Morgan fingerprint density at radius 3 is 2.53 bits per heavy atom. The Morgan fingerprint density at radius 2 is 1.95 bits per heavy atom. The van der Waals surface area contributed by atoms with E-state index >= 15 is 0 Å². The number of halogens is 2. The molecular weight excluding hydrogens is 264 g/mol. The highest BCUT2D eigenvalue weighted by Gasteiger charge is 2.16. The van der Waals surface area contributed by atoms with Gasteiger partial charge in [0.15, 0.2) is 11.6 Å². The van der Waals surface area contributed by atoms with Crippen LogP contribution in [-0.2, 0) is 6.54 Å². The molecule has 2 rings (SSSR count). The predicted molar refractivity (Wildman–Crippen MR) is 75.1 cm³/mol. The molecule has 2 aromatic rings. The molecule has 0 aliphatic rings. The van der Waals surface area contributed by atoms with Gasteiger partial charge in [0, 0.05) is 17.5 Å². The molecule has 0 bridgehead atoms. The summed E-state index contributed by atoms with van der Waals surface area (Å²) in [6, 6.07) is 8.36. The van der Waals surface area contributed by atoms with E-state index in [-0.39, 0.29) is 6.04 Å². The molecule has 19 heavy (non-hydrogen) atoms. The fourth-order valence-electron chi connectivity index (χ4n) is 2.01. The molecule has 1 atom stereocenters. The van der Waals surface area contributed by atoms with E-state index < -0.39 is 11.6 Å². The molecule has 0 aliphatic heterocycles. The first-order valence-electron chi connectivity index (χ1n) is 6.28. The van der Waals surface area contributed by atoms with Crippen LogP contribution in [0.3, 0.4) is 0 Å². The maximum Gasteiger partial charge on any atom is 0.159 e. The van der Waals surface area contributed by atoms with Crippen molar-refractivity contribution >= 4 is 11.3 Å². The lowest BCUT2D eigenvalue weighted by atomic mass is 10.0. The molecule has 102 valence electrons. The van der Waals surface area contributed by atoms with Gasteiger partial charge in [-0.3, -0.25) is 0 Å². The van der Waals surface area contributed by atoms with Crippen molar-refractivity contribution in [1.29, 1.82) is 0 Å². The number of hydrogen-bond acceptors (Lipinski definition) is 2. The molecule has 1 nitrogen and oxygen atoms in total. The highest BCUT2D eigenvalue weighted by molar-refractivity contribution is 7.10. The smallest absolute Gasteiger partial charge is 0.159 e. The van der Waals surface area contributed by atoms with Crippen LogP contribution >= 0.6 is 11.3 Å². The number of rotatable bonds is 5. The zero-order valence-electron chi connectivity index (χ0n) is 11.0. The van der Waals surface area contributed by atoms with Crippen LogP contribution in [0.4, 0.5) is 8.78 Å². The molecule has 0 spiro atoms. The predicted octanol–water partition coefficient (Wildman–Crippen LogP) is 4.51. The Morgan fingerprint density at radius 1 is 1.16 bits per heavy atom. The van der Waals surface area contributed by atoms with Gasteiger partial charge in [-0.2, -0.15) is 0 Å². The van der Waals surface area contributed by atoms with E-state index in [1.807, 2.05) is 11.4 Å². The number of thiophene rings is 1. The van der Waals surface area contributed by atoms with Crippen LogP contribution in [0.15, 0.2) is 35.7 Å². The van der Waals surface area contributed by atoms with Gasteiger partial charge in [0.05, 0.1) is 0 Å². The third-order valence-corrected chi connectivity index (χ3v) is 3.98.